The first-order valence-electron chi connectivity index (χ1n) is 9.27. The maximum atomic E-state index is 11.1. The molecule has 3 rings (SSSR count). The highest BCUT2D eigenvalue weighted by Gasteiger charge is 2.30. The fourth-order valence-electron chi connectivity index (χ4n) is 3.18. The molecule has 1 aromatic carbocycles. The van der Waals surface area contributed by atoms with E-state index in [-0.39, 0.29) is 12.1 Å². The van der Waals surface area contributed by atoms with E-state index in [1.807, 2.05) is 36.2 Å². The zero-order valence-electron chi connectivity index (χ0n) is 16.7. The molecule has 0 fully saturated rings. The molecule has 1 atom stereocenters. The van der Waals surface area contributed by atoms with Gasteiger partial charge in [-0.2, -0.15) is 4.57 Å². The Morgan fingerprint density at radius 2 is 2.00 bits per heavy atom. The van der Waals surface area contributed by atoms with Gasteiger partial charge in [-0.1, -0.05) is 28.7 Å². The summed E-state index contributed by atoms with van der Waals surface area (Å²) in [5.74, 6) is 0.759. The number of hydrogen-bond acceptors (Lipinski definition) is 5. The van der Waals surface area contributed by atoms with Crippen molar-refractivity contribution in [3.8, 4) is 6.07 Å². The Morgan fingerprint density at radius 1 is 1.31 bits per heavy atom. The third-order valence-corrected chi connectivity index (χ3v) is 6.41. The van der Waals surface area contributed by atoms with Crippen LogP contribution in [0, 0.1) is 25.3 Å². The molecule has 7 nitrogen and oxygen atoms in total. The Hall–Kier alpha value is -2.86. The molecule has 8 heteroatoms. The van der Waals surface area contributed by atoms with Gasteiger partial charge in [-0.05, 0) is 24.6 Å². The van der Waals surface area contributed by atoms with Crippen LogP contribution in [-0.4, -0.2) is 26.4 Å². The molecule has 2 aromatic heterocycles. The second kappa shape index (κ2) is 8.66. The van der Waals surface area contributed by atoms with Crippen molar-refractivity contribution >= 4 is 11.3 Å². The van der Waals surface area contributed by atoms with E-state index in [4.69, 9.17) is 10.7 Å². The van der Waals surface area contributed by atoms with Crippen molar-refractivity contribution in [1.29, 1.82) is 5.41 Å². The smallest absolute Gasteiger partial charge is 0.308 e. The molecule has 0 aliphatic heterocycles. The SMILES string of the molecule is Cc1nc(=N)c(C[n+]2c(C(O)c3ccc(C#[NH+])cc3)sc(CCO)c2C)cn1C. The normalized spacial score (nSPS) is 12.0. The minimum absolute atomic E-state index is 0.0332. The first-order chi connectivity index (χ1) is 13.8. The molecule has 1 unspecified atom stereocenters. The van der Waals surface area contributed by atoms with Crippen LogP contribution < -0.4 is 15.3 Å². The number of benzene rings is 1. The molecule has 2 heterocycles. The minimum atomic E-state index is -0.854. The first kappa shape index (κ1) is 20.9. The van der Waals surface area contributed by atoms with E-state index in [1.165, 1.54) is 11.3 Å². The summed E-state index contributed by atoms with van der Waals surface area (Å²) in [6.07, 6.45) is 1.55. The third-order valence-electron chi connectivity index (χ3n) is 5.01. The summed E-state index contributed by atoms with van der Waals surface area (Å²) in [6.45, 7) is 4.27. The summed E-state index contributed by atoms with van der Waals surface area (Å²) < 4.78 is 3.88. The van der Waals surface area contributed by atoms with Crippen LogP contribution >= 0.6 is 11.3 Å². The second-order valence-electron chi connectivity index (χ2n) is 6.93. The maximum absolute atomic E-state index is 11.1. The number of aryl methyl sites for hydroxylation is 2. The Bertz CT molecular complexity index is 1130. The molecule has 0 saturated heterocycles. The lowest BCUT2D eigenvalue weighted by Gasteiger charge is -2.09. The molecule has 0 amide bonds. The molecule has 150 valence electrons. The van der Waals surface area contributed by atoms with Crippen LogP contribution in [0.25, 0.3) is 0 Å². The van der Waals surface area contributed by atoms with Crippen LogP contribution in [0.2, 0.25) is 0 Å². The Labute approximate surface area is 173 Å². The van der Waals surface area contributed by atoms with Gasteiger partial charge in [-0.25, -0.2) is 4.98 Å². The Morgan fingerprint density at radius 3 is 2.62 bits per heavy atom. The maximum Gasteiger partial charge on any atom is 0.308 e. The van der Waals surface area contributed by atoms with Crippen molar-refractivity contribution in [2.75, 3.05) is 6.61 Å². The van der Waals surface area contributed by atoms with Crippen LogP contribution in [-0.2, 0) is 20.0 Å². The van der Waals surface area contributed by atoms with Gasteiger partial charge in [-0.15, -0.1) is 0 Å². The van der Waals surface area contributed by atoms with Gasteiger partial charge in [0.15, 0.2) is 23.8 Å². The molecule has 0 saturated carbocycles. The fraction of sp³-hybridized carbons (Fsp3) is 0.333. The second-order valence-corrected chi connectivity index (χ2v) is 8.05. The average molecular weight is 412 g/mol. The van der Waals surface area contributed by atoms with Gasteiger partial charge in [0.2, 0.25) is 0 Å². The van der Waals surface area contributed by atoms with Gasteiger partial charge in [0, 0.05) is 33.2 Å². The van der Waals surface area contributed by atoms with Crippen molar-refractivity contribution < 1.29 is 20.0 Å². The van der Waals surface area contributed by atoms with Crippen LogP contribution in [0.1, 0.15) is 44.2 Å². The lowest BCUT2D eigenvalue weighted by Crippen LogP contribution is -2.43. The third kappa shape index (κ3) is 4.27. The topological polar surface area (TPSA) is 110 Å². The van der Waals surface area contributed by atoms with Crippen molar-refractivity contribution in [1.82, 2.24) is 9.55 Å². The molecular formula is C21H25N5O2S+2. The van der Waals surface area contributed by atoms with Gasteiger partial charge in [0.25, 0.3) is 5.01 Å². The number of rotatable bonds is 6. The van der Waals surface area contributed by atoms with Crippen LogP contribution in [0.15, 0.2) is 30.5 Å². The summed E-state index contributed by atoms with van der Waals surface area (Å²) in [7, 11) is 1.89. The Kier molecular flexibility index (Phi) is 6.23. The highest BCUT2D eigenvalue weighted by molar-refractivity contribution is 7.11. The van der Waals surface area contributed by atoms with Crippen LogP contribution in [0.5, 0.6) is 0 Å². The fourth-order valence-corrected chi connectivity index (χ4v) is 4.45. The molecule has 29 heavy (non-hydrogen) atoms. The van der Waals surface area contributed by atoms with Gasteiger partial charge in [-0.3, -0.25) is 5.41 Å². The summed E-state index contributed by atoms with van der Waals surface area (Å²) in [4.78, 5) is 5.29. The first-order valence-corrected chi connectivity index (χ1v) is 10.1. The molecule has 4 N–H and O–H groups in total. The molecule has 0 aliphatic carbocycles. The number of nitrogens with zero attached hydrogens (tertiary/aromatic N) is 3. The van der Waals surface area contributed by atoms with E-state index in [2.05, 4.69) is 11.1 Å². The largest absolute Gasteiger partial charge is 0.396 e. The number of aliphatic hydroxyl groups excluding tert-OH is 2. The highest BCUT2D eigenvalue weighted by Crippen LogP contribution is 2.28. The van der Waals surface area contributed by atoms with Crippen molar-refractivity contribution in [3.63, 3.8) is 0 Å². The van der Waals surface area contributed by atoms with E-state index >= 15 is 0 Å². The molecule has 0 aliphatic rings. The van der Waals surface area contributed by atoms with Crippen molar-refractivity contribution in [3.05, 3.63) is 74.0 Å². The van der Waals surface area contributed by atoms with Gasteiger partial charge >= 0.3 is 6.07 Å². The Balaban J connectivity index is 2.07. The molecular weight excluding hydrogens is 386 g/mol. The number of thiazole rings is 1. The van der Waals surface area contributed by atoms with Crippen LogP contribution in [0.3, 0.4) is 0 Å². The zero-order valence-corrected chi connectivity index (χ0v) is 17.5. The standard InChI is InChI=1S/C21H24N5O2S/c1-13-18(8-9-27)29-21(19(28)16-6-4-15(10-22)5-7-16)26(13)12-17-11-25(3)14(2)24-20(17)23/h4-7,11,19,23,27-28H,8-9,12H2,1-3H3/q+1/p+1. The van der Waals surface area contributed by atoms with E-state index < -0.39 is 6.10 Å². The average Bonchev–Trinajstić information content (AvgIpc) is 3.01. The summed E-state index contributed by atoms with van der Waals surface area (Å²) in [5.41, 5.74) is 3.29. The summed E-state index contributed by atoms with van der Waals surface area (Å²) in [6, 6.07) is 9.40. The van der Waals surface area contributed by atoms with E-state index in [9.17, 15) is 10.2 Å². The number of aliphatic hydroxyl groups is 2. The van der Waals surface area contributed by atoms with Gasteiger partial charge in [0.1, 0.15) is 11.4 Å². The number of hydrogen-bond donors (Lipinski definition) is 4. The molecule has 0 radical (unpaired) electrons. The lowest BCUT2D eigenvalue weighted by atomic mass is 10.1. The summed E-state index contributed by atoms with van der Waals surface area (Å²) in [5, 5.41) is 36.7. The van der Waals surface area contributed by atoms with Crippen molar-refractivity contribution in [2.45, 2.75) is 32.9 Å². The van der Waals surface area contributed by atoms with Gasteiger partial charge < -0.3 is 14.8 Å². The summed E-state index contributed by atoms with van der Waals surface area (Å²) >= 11 is 1.47. The monoisotopic (exact) mass is 411 g/mol. The van der Waals surface area contributed by atoms with E-state index in [1.54, 1.807) is 24.3 Å². The molecule has 0 spiro atoms. The quantitative estimate of drug-likeness (QED) is 0.416. The minimum Gasteiger partial charge on any atom is -0.396 e. The van der Waals surface area contributed by atoms with Gasteiger partial charge in [0.05, 0.1) is 10.4 Å². The zero-order chi connectivity index (χ0) is 21.1. The van der Waals surface area contributed by atoms with Crippen molar-refractivity contribution in [2.24, 2.45) is 7.05 Å². The number of nitrogens with one attached hydrogen (secondary N) is 2. The van der Waals surface area contributed by atoms with E-state index in [0.29, 0.717) is 24.1 Å². The predicted molar refractivity (Wildman–Crippen MR) is 107 cm³/mol. The number of aromatic nitrogens is 3. The van der Waals surface area contributed by atoms with E-state index in [0.717, 1.165) is 27.0 Å². The predicted octanol–water partition coefficient (Wildman–Crippen LogP) is -0.349. The molecule has 0 bridgehead atoms. The van der Waals surface area contributed by atoms with Crippen LogP contribution in [0.4, 0.5) is 0 Å². The molecule has 3 aromatic rings. The lowest BCUT2D eigenvalue weighted by molar-refractivity contribution is -0.699. The highest BCUT2D eigenvalue weighted by atomic mass is 32.1.